The Bertz CT molecular complexity index is 545. The van der Waals surface area contributed by atoms with Gasteiger partial charge in [0.15, 0.2) is 0 Å². The van der Waals surface area contributed by atoms with Gasteiger partial charge in [-0.15, -0.1) is 0 Å². The molecule has 1 unspecified atom stereocenters. The van der Waals surface area contributed by atoms with E-state index in [0.717, 1.165) is 19.1 Å². The van der Waals surface area contributed by atoms with Crippen LogP contribution in [0.4, 0.5) is 4.39 Å². The van der Waals surface area contributed by atoms with Crippen molar-refractivity contribution in [2.45, 2.75) is 25.4 Å². The third-order valence-corrected chi connectivity index (χ3v) is 3.69. The molecule has 1 atom stereocenters. The summed E-state index contributed by atoms with van der Waals surface area (Å²) < 4.78 is 41.7. The zero-order valence-electron chi connectivity index (χ0n) is 9.77. The summed E-state index contributed by atoms with van der Waals surface area (Å²) in [5, 5.41) is 0. The van der Waals surface area contributed by atoms with E-state index in [2.05, 4.69) is 20.9 Å². The van der Waals surface area contributed by atoms with Crippen LogP contribution in [0.5, 0.6) is 0 Å². The number of halogens is 2. The van der Waals surface area contributed by atoms with Crippen LogP contribution in [-0.4, -0.2) is 19.7 Å². The summed E-state index contributed by atoms with van der Waals surface area (Å²) in [5.74, 6) is -0.153. The second-order valence-corrected chi connectivity index (χ2v) is 7.01. The van der Waals surface area contributed by atoms with Crippen LogP contribution < -0.4 is 0 Å². The van der Waals surface area contributed by atoms with Crippen molar-refractivity contribution in [2.75, 3.05) is 6.26 Å². The average molecular weight is 338 g/mol. The number of nitrogens with zero attached hydrogens (tertiary/aromatic N) is 1. The zero-order valence-corrected chi connectivity index (χ0v) is 12.2. The van der Waals surface area contributed by atoms with Crippen LogP contribution in [0.1, 0.15) is 31.1 Å². The van der Waals surface area contributed by atoms with Crippen molar-refractivity contribution in [3.8, 4) is 0 Å². The van der Waals surface area contributed by atoms with E-state index in [1.165, 1.54) is 12.3 Å². The highest BCUT2D eigenvalue weighted by Gasteiger charge is 2.31. The lowest BCUT2D eigenvalue weighted by Crippen LogP contribution is -2.14. The molecule has 0 aromatic carbocycles. The molecule has 2 rings (SSSR count). The second kappa shape index (κ2) is 5.22. The maximum atomic E-state index is 13.8. The van der Waals surface area contributed by atoms with Gasteiger partial charge in [0.25, 0.3) is 10.1 Å². The van der Waals surface area contributed by atoms with Gasteiger partial charge in [-0.05, 0) is 34.3 Å². The van der Waals surface area contributed by atoms with Crippen molar-refractivity contribution in [3.05, 3.63) is 28.2 Å². The minimum absolute atomic E-state index is 0.0514. The van der Waals surface area contributed by atoms with Crippen molar-refractivity contribution in [1.29, 1.82) is 0 Å². The molecule has 100 valence electrons. The Labute approximate surface area is 114 Å². The smallest absolute Gasteiger partial charge is 0.260 e. The molecular formula is C11H13BrFNO3S. The van der Waals surface area contributed by atoms with E-state index in [-0.39, 0.29) is 5.69 Å². The summed E-state index contributed by atoms with van der Waals surface area (Å²) in [6, 6.07) is 1.26. The van der Waals surface area contributed by atoms with Gasteiger partial charge in [0.05, 0.1) is 6.26 Å². The molecule has 1 aliphatic rings. The first-order valence-electron chi connectivity index (χ1n) is 5.54. The molecule has 0 spiro atoms. The highest BCUT2D eigenvalue weighted by atomic mass is 79.9. The van der Waals surface area contributed by atoms with Crippen LogP contribution in [-0.2, 0) is 14.3 Å². The molecule has 1 heterocycles. The number of aromatic nitrogens is 1. The molecule has 1 aromatic heterocycles. The fourth-order valence-electron chi connectivity index (χ4n) is 1.73. The molecule has 4 nitrogen and oxygen atoms in total. The maximum Gasteiger partial charge on any atom is 0.265 e. The van der Waals surface area contributed by atoms with E-state index in [0.29, 0.717) is 16.8 Å². The first kappa shape index (κ1) is 13.9. The van der Waals surface area contributed by atoms with Crippen LogP contribution in [0, 0.1) is 11.7 Å². The quantitative estimate of drug-likeness (QED) is 0.775. The number of hydrogen-bond donors (Lipinski definition) is 0. The van der Waals surface area contributed by atoms with Crippen molar-refractivity contribution >= 4 is 26.0 Å². The largest absolute Gasteiger partial charge is 0.265 e. The SMILES string of the molecule is CS(=O)(=O)OC(CC1CC1)c1ncc(Br)cc1F. The maximum absolute atomic E-state index is 13.8. The number of rotatable bonds is 5. The Hall–Kier alpha value is -0.530. The van der Waals surface area contributed by atoms with Gasteiger partial charge in [-0.25, -0.2) is 4.39 Å². The minimum atomic E-state index is -3.63. The summed E-state index contributed by atoms with van der Waals surface area (Å²) in [6.07, 6.45) is 4.11. The van der Waals surface area contributed by atoms with Crippen LogP contribution in [0.3, 0.4) is 0 Å². The number of hydrogen-bond acceptors (Lipinski definition) is 4. The lowest BCUT2D eigenvalue weighted by molar-refractivity contribution is 0.187. The Morgan fingerprint density at radius 2 is 2.28 bits per heavy atom. The molecule has 0 N–H and O–H groups in total. The van der Waals surface area contributed by atoms with Gasteiger partial charge in [-0.3, -0.25) is 9.17 Å². The van der Waals surface area contributed by atoms with Gasteiger partial charge in [-0.2, -0.15) is 8.42 Å². The van der Waals surface area contributed by atoms with E-state index in [9.17, 15) is 12.8 Å². The predicted octanol–water partition coefficient (Wildman–Crippen LogP) is 2.80. The van der Waals surface area contributed by atoms with E-state index < -0.39 is 22.0 Å². The third-order valence-electron chi connectivity index (χ3n) is 2.68. The van der Waals surface area contributed by atoms with Crippen molar-refractivity contribution in [2.24, 2.45) is 5.92 Å². The molecule has 1 saturated carbocycles. The summed E-state index contributed by atoms with van der Waals surface area (Å²) in [4.78, 5) is 3.93. The van der Waals surface area contributed by atoms with Crippen LogP contribution in [0.2, 0.25) is 0 Å². The first-order valence-corrected chi connectivity index (χ1v) is 8.15. The van der Waals surface area contributed by atoms with Crippen LogP contribution >= 0.6 is 15.9 Å². The van der Waals surface area contributed by atoms with Gasteiger partial charge in [0.2, 0.25) is 0 Å². The fourth-order valence-corrected chi connectivity index (χ4v) is 2.62. The highest BCUT2D eigenvalue weighted by molar-refractivity contribution is 9.10. The highest BCUT2D eigenvalue weighted by Crippen LogP contribution is 2.39. The Morgan fingerprint density at radius 3 is 2.78 bits per heavy atom. The molecule has 7 heteroatoms. The van der Waals surface area contributed by atoms with Crippen LogP contribution in [0.25, 0.3) is 0 Å². The fraction of sp³-hybridized carbons (Fsp3) is 0.545. The molecule has 1 aliphatic carbocycles. The zero-order chi connectivity index (χ0) is 13.3. The van der Waals surface area contributed by atoms with Crippen LogP contribution in [0.15, 0.2) is 16.7 Å². The van der Waals surface area contributed by atoms with Crippen molar-refractivity contribution in [3.63, 3.8) is 0 Å². The molecule has 0 amide bonds. The normalized spacial score (nSPS) is 17.7. The molecule has 18 heavy (non-hydrogen) atoms. The first-order chi connectivity index (χ1) is 8.35. The summed E-state index contributed by atoms with van der Waals surface area (Å²) in [5.41, 5.74) is 0.0514. The Balaban J connectivity index is 2.26. The van der Waals surface area contributed by atoms with Gasteiger partial charge in [0.1, 0.15) is 17.6 Å². The molecule has 0 radical (unpaired) electrons. The summed E-state index contributed by atoms with van der Waals surface area (Å²) >= 11 is 3.11. The van der Waals surface area contributed by atoms with Gasteiger partial charge in [0, 0.05) is 10.7 Å². The van der Waals surface area contributed by atoms with E-state index in [1.54, 1.807) is 0 Å². The minimum Gasteiger partial charge on any atom is -0.260 e. The standard InChI is InChI=1S/C11H13BrFNO3S/c1-18(15,16)17-10(4-7-2-3-7)11-9(13)5-8(12)6-14-11/h5-7,10H,2-4H2,1H3. The number of pyridine rings is 1. The monoisotopic (exact) mass is 337 g/mol. The van der Waals surface area contributed by atoms with Gasteiger partial charge in [-0.1, -0.05) is 12.8 Å². The molecule has 1 aromatic rings. The molecule has 0 aliphatic heterocycles. The Kier molecular flexibility index (Phi) is 4.03. The predicted molar refractivity (Wildman–Crippen MR) is 67.9 cm³/mol. The van der Waals surface area contributed by atoms with Crippen molar-refractivity contribution < 1.29 is 17.0 Å². The Morgan fingerprint density at radius 1 is 1.61 bits per heavy atom. The third kappa shape index (κ3) is 4.00. The van der Waals surface area contributed by atoms with Gasteiger partial charge < -0.3 is 0 Å². The van der Waals surface area contributed by atoms with Crippen molar-refractivity contribution in [1.82, 2.24) is 4.98 Å². The molecular weight excluding hydrogens is 325 g/mol. The lowest BCUT2D eigenvalue weighted by Gasteiger charge is -2.16. The second-order valence-electron chi connectivity index (χ2n) is 4.49. The molecule has 0 saturated heterocycles. The van der Waals surface area contributed by atoms with E-state index in [4.69, 9.17) is 4.18 Å². The summed E-state index contributed by atoms with van der Waals surface area (Å²) in [6.45, 7) is 0. The summed E-state index contributed by atoms with van der Waals surface area (Å²) in [7, 11) is -3.63. The lowest BCUT2D eigenvalue weighted by atomic mass is 10.1. The van der Waals surface area contributed by atoms with E-state index >= 15 is 0 Å². The average Bonchev–Trinajstić information content (AvgIpc) is 2.98. The van der Waals surface area contributed by atoms with Gasteiger partial charge >= 0.3 is 0 Å². The molecule has 0 bridgehead atoms. The molecule has 1 fully saturated rings. The topological polar surface area (TPSA) is 56.3 Å². The van der Waals surface area contributed by atoms with E-state index in [1.807, 2.05) is 0 Å².